The SMILES string of the molecule is C1CO[C@@H]2CNC[C@@H]2O1.Cl. The summed E-state index contributed by atoms with van der Waals surface area (Å²) >= 11 is 0. The van der Waals surface area contributed by atoms with Gasteiger partial charge in [-0.05, 0) is 0 Å². The van der Waals surface area contributed by atoms with Crippen molar-refractivity contribution in [3.05, 3.63) is 0 Å². The van der Waals surface area contributed by atoms with E-state index >= 15 is 0 Å². The summed E-state index contributed by atoms with van der Waals surface area (Å²) in [6.45, 7) is 3.46. The molecule has 60 valence electrons. The number of fused-ring (bicyclic) bond motifs is 1. The fourth-order valence-corrected chi connectivity index (χ4v) is 1.36. The molecular formula is C6H12ClNO2. The van der Waals surface area contributed by atoms with E-state index in [0.717, 1.165) is 26.3 Å². The fraction of sp³-hybridized carbons (Fsp3) is 1.00. The van der Waals surface area contributed by atoms with E-state index in [2.05, 4.69) is 5.32 Å². The van der Waals surface area contributed by atoms with Crippen molar-refractivity contribution in [2.75, 3.05) is 26.3 Å². The molecule has 1 N–H and O–H groups in total. The second-order valence-corrected chi connectivity index (χ2v) is 2.48. The van der Waals surface area contributed by atoms with Crippen LogP contribution in [-0.2, 0) is 9.47 Å². The number of rotatable bonds is 0. The lowest BCUT2D eigenvalue weighted by Gasteiger charge is -2.24. The first-order chi connectivity index (χ1) is 4.47. The predicted molar refractivity (Wildman–Crippen MR) is 39.6 cm³/mol. The van der Waals surface area contributed by atoms with Gasteiger partial charge in [-0.1, -0.05) is 0 Å². The molecule has 10 heavy (non-hydrogen) atoms. The van der Waals surface area contributed by atoms with Crippen LogP contribution >= 0.6 is 12.4 Å². The average molecular weight is 166 g/mol. The largest absolute Gasteiger partial charge is 0.372 e. The van der Waals surface area contributed by atoms with Gasteiger partial charge in [0.1, 0.15) is 0 Å². The minimum atomic E-state index is 0. The van der Waals surface area contributed by atoms with Crippen molar-refractivity contribution < 1.29 is 9.47 Å². The van der Waals surface area contributed by atoms with Gasteiger partial charge in [0, 0.05) is 13.1 Å². The van der Waals surface area contributed by atoms with Gasteiger partial charge in [-0.3, -0.25) is 0 Å². The van der Waals surface area contributed by atoms with Crippen LogP contribution in [-0.4, -0.2) is 38.5 Å². The van der Waals surface area contributed by atoms with Crippen LogP contribution in [0.5, 0.6) is 0 Å². The topological polar surface area (TPSA) is 30.5 Å². The molecule has 0 aromatic heterocycles. The van der Waals surface area contributed by atoms with Crippen LogP contribution in [0, 0.1) is 0 Å². The highest BCUT2D eigenvalue weighted by atomic mass is 35.5. The highest BCUT2D eigenvalue weighted by molar-refractivity contribution is 5.85. The Morgan fingerprint density at radius 2 is 1.50 bits per heavy atom. The van der Waals surface area contributed by atoms with Gasteiger partial charge in [0.15, 0.2) is 0 Å². The molecule has 0 aliphatic carbocycles. The molecule has 0 amide bonds. The first-order valence-electron chi connectivity index (χ1n) is 3.41. The van der Waals surface area contributed by atoms with Crippen LogP contribution in [0.2, 0.25) is 0 Å². The van der Waals surface area contributed by atoms with Gasteiger partial charge < -0.3 is 14.8 Å². The lowest BCUT2D eigenvalue weighted by atomic mass is 10.2. The minimum absolute atomic E-state index is 0. The maximum atomic E-state index is 5.41. The quantitative estimate of drug-likeness (QED) is 0.539. The van der Waals surface area contributed by atoms with Crippen LogP contribution in [0.3, 0.4) is 0 Å². The van der Waals surface area contributed by atoms with Crippen molar-refractivity contribution in [1.29, 1.82) is 0 Å². The number of ether oxygens (including phenoxy) is 2. The molecule has 0 unspecified atom stereocenters. The summed E-state index contributed by atoms with van der Waals surface area (Å²) < 4.78 is 10.8. The molecule has 4 heteroatoms. The summed E-state index contributed by atoms with van der Waals surface area (Å²) in [7, 11) is 0. The van der Waals surface area contributed by atoms with Crippen molar-refractivity contribution in [1.82, 2.24) is 5.32 Å². The maximum Gasteiger partial charge on any atom is 0.0974 e. The van der Waals surface area contributed by atoms with E-state index in [9.17, 15) is 0 Å². The number of nitrogens with one attached hydrogen (secondary N) is 1. The van der Waals surface area contributed by atoms with Crippen LogP contribution in [0.15, 0.2) is 0 Å². The molecule has 2 fully saturated rings. The third-order valence-electron chi connectivity index (χ3n) is 1.85. The number of hydrogen-bond donors (Lipinski definition) is 1. The Bertz CT molecular complexity index is 99.9. The molecule has 2 aliphatic heterocycles. The van der Waals surface area contributed by atoms with E-state index < -0.39 is 0 Å². The molecule has 2 rings (SSSR count). The summed E-state index contributed by atoms with van der Waals surface area (Å²) in [5.41, 5.74) is 0. The van der Waals surface area contributed by atoms with E-state index in [0.29, 0.717) is 12.2 Å². The Hall–Kier alpha value is 0.170. The van der Waals surface area contributed by atoms with E-state index in [1.807, 2.05) is 0 Å². The number of hydrogen-bond acceptors (Lipinski definition) is 3. The second-order valence-electron chi connectivity index (χ2n) is 2.48. The molecule has 0 spiro atoms. The Morgan fingerprint density at radius 3 is 2.00 bits per heavy atom. The third-order valence-corrected chi connectivity index (χ3v) is 1.85. The van der Waals surface area contributed by atoms with Crippen molar-refractivity contribution in [3.8, 4) is 0 Å². The van der Waals surface area contributed by atoms with Gasteiger partial charge in [-0.2, -0.15) is 0 Å². The van der Waals surface area contributed by atoms with Crippen LogP contribution < -0.4 is 5.32 Å². The normalized spacial score (nSPS) is 38.4. The molecule has 0 radical (unpaired) electrons. The first kappa shape index (κ1) is 8.27. The van der Waals surface area contributed by atoms with Crippen molar-refractivity contribution in [3.63, 3.8) is 0 Å². The Labute approximate surface area is 66.5 Å². The maximum absolute atomic E-state index is 5.41. The smallest absolute Gasteiger partial charge is 0.0974 e. The highest BCUT2D eigenvalue weighted by Gasteiger charge is 2.30. The lowest BCUT2D eigenvalue weighted by molar-refractivity contribution is -0.116. The van der Waals surface area contributed by atoms with Crippen LogP contribution in [0.1, 0.15) is 0 Å². The molecule has 2 aliphatic rings. The standard InChI is InChI=1S/C6H11NO2.ClH/c1-2-9-6-4-7-3-5(6)8-1;/h5-7H,1-4H2;1H/t5-,6+;. The zero-order valence-corrected chi connectivity index (χ0v) is 6.52. The lowest BCUT2D eigenvalue weighted by Crippen LogP contribution is -2.36. The van der Waals surface area contributed by atoms with Crippen molar-refractivity contribution >= 4 is 12.4 Å². The first-order valence-corrected chi connectivity index (χ1v) is 3.41. The second kappa shape index (κ2) is 3.53. The molecule has 0 aromatic rings. The van der Waals surface area contributed by atoms with Gasteiger partial charge in [-0.25, -0.2) is 0 Å². The summed E-state index contributed by atoms with van der Waals surface area (Å²) in [5.74, 6) is 0. The van der Waals surface area contributed by atoms with Crippen molar-refractivity contribution in [2.45, 2.75) is 12.2 Å². The van der Waals surface area contributed by atoms with Crippen LogP contribution in [0.4, 0.5) is 0 Å². The molecule has 0 saturated carbocycles. The molecule has 0 aromatic carbocycles. The van der Waals surface area contributed by atoms with Gasteiger partial charge in [0.2, 0.25) is 0 Å². The van der Waals surface area contributed by atoms with E-state index in [4.69, 9.17) is 9.47 Å². The van der Waals surface area contributed by atoms with Gasteiger partial charge in [0.05, 0.1) is 25.4 Å². The molecule has 2 heterocycles. The summed E-state index contributed by atoms with van der Waals surface area (Å²) in [4.78, 5) is 0. The predicted octanol–water partition coefficient (Wildman–Crippen LogP) is -0.205. The third kappa shape index (κ3) is 1.42. The van der Waals surface area contributed by atoms with Crippen LogP contribution in [0.25, 0.3) is 0 Å². The molecular weight excluding hydrogens is 154 g/mol. The summed E-state index contributed by atoms with van der Waals surface area (Å²) in [6, 6.07) is 0. The van der Waals surface area contributed by atoms with E-state index in [1.165, 1.54) is 0 Å². The Kier molecular flexibility index (Phi) is 2.92. The fourth-order valence-electron chi connectivity index (χ4n) is 1.36. The van der Waals surface area contributed by atoms with Gasteiger partial charge in [0.25, 0.3) is 0 Å². The highest BCUT2D eigenvalue weighted by Crippen LogP contribution is 2.12. The zero-order valence-electron chi connectivity index (χ0n) is 5.71. The molecule has 2 atom stereocenters. The monoisotopic (exact) mass is 165 g/mol. The Balaban J connectivity index is 0.000000500. The molecule has 2 saturated heterocycles. The Morgan fingerprint density at radius 1 is 1.00 bits per heavy atom. The van der Waals surface area contributed by atoms with E-state index in [1.54, 1.807) is 0 Å². The van der Waals surface area contributed by atoms with E-state index in [-0.39, 0.29) is 12.4 Å². The average Bonchev–Trinajstić information content (AvgIpc) is 2.33. The molecule has 0 bridgehead atoms. The summed E-state index contributed by atoms with van der Waals surface area (Å²) in [6.07, 6.45) is 0.664. The minimum Gasteiger partial charge on any atom is -0.372 e. The van der Waals surface area contributed by atoms with Crippen molar-refractivity contribution in [2.24, 2.45) is 0 Å². The number of halogens is 1. The van der Waals surface area contributed by atoms with Gasteiger partial charge in [-0.15, -0.1) is 12.4 Å². The zero-order chi connectivity index (χ0) is 6.10. The van der Waals surface area contributed by atoms with Gasteiger partial charge >= 0.3 is 0 Å². The summed E-state index contributed by atoms with van der Waals surface area (Å²) in [5, 5.41) is 3.21. The molecule has 3 nitrogen and oxygen atoms in total.